The molecule has 0 saturated carbocycles. The van der Waals surface area contributed by atoms with Crippen LogP contribution in [0.2, 0.25) is 0 Å². The number of likely N-dealkylation sites (N-methyl/N-ethyl adjacent to an activating group) is 1. The number of hydrogen-bond donors (Lipinski definition) is 1. The number of furan rings is 1. The summed E-state index contributed by atoms with van der Waals surface area (Å²) in [7, 11) is 2.20. The third-order valence-corrected chi connectivity index (χ3v) is 3.17. The molecule has 0 bridgehead atoms. The molecule has 0 spiro atoms. The van der Waals surface area contributed by atoms with Gasteiger partial charge in [-0.15, -0.1) is 0 Å². The van der Waals surface area contributed by atoms with Crippen LogP contribution in [0.5, 0.6) is 0 Å². The summed E-state index contributed by atoms with van der Waals surface area (Å²) in [5.74, 6) is -0.641. The number of carboxylic acid groups (broad SMARTS) is 1. The molecule has 5 nitrogen and oxygen atoms in total. The van der Waals surface area contributed by atoms with Crippen LogP contribution >= 0.6 is 0 Å². The van der Waals surface area contributed by atoms with Gasteiger partial charge in [-0.25, -0.2) is 0 Å². The van der Waals surface area contributed by atoms with Gasteiger partial charge < -0.3 is 19.2 Å². The van der Waals surface area contributed by atoms with Crippen molar-refractivity contribution in [3.8, 4) is 0 Å². The number of aromatic carboxylic acids is 1. The van der Waals surface area contributed by atoms with E-state index in [4.69, 9.17) is 4.42 Å². The van der Waals surface area contributed by atoms with Crippen molar-refractivity contribution in [2.45, 2.75) is 13.0 Å². The van der Waals surface area contributed by atoms with Gasteiger partial charge in [-0.1, -0.05) is 0 Å². The maximum Gasteiger partial charge on any atom is 0.149 e. The van der Waals surface area contributed by atoms with Crippen LogP contribution in [0.25, 0.3) is 0 Å². The number of carboxylic acids is 1. The van der Waals surface area contributed by atoms with E-state index in [0.29, 0.717) is 12.3 Å². The monoisotopic (exact) mass is 238 g/mol. The fraction of sp³-hybridized carbons (Fsp3) is 0.583. The van der Waals surface area contributed by atoms with Gasteiger partial charge in [0, 0.05) is 19.5 Å². The Morgan fingerprint density at radius 2 is 2.29 bits per heavy atom. The number of quaternary nitrogens is 1. The van der Waals surface area contributed by atoms with Crippen LogP contribution in [0, 0.1) is 0 Å². The molecule has 1 N–H and O–H groups in total. The van der Waals surface area contributed by atoms with Crippen molar-refractivity contribution in [3.63, 3.8) is 0 Å². The summed E-state index contributed by atoms with van der Waals surface area (Å²) in [6.07, 6.45) is 1.17. The first-order chi connectivity index (χ1) is 8.15. The Hall–Kier alpha value is -1.33. The van der Waals surface area contributed by atoms with Gasteiger partial charge in [0.1, 0.15) is 17.5 Å². The Morgan fingerprint density at radius 3 is 3.00 bits per heavy atom. The summed E-state index contributed by atoms with van der Waals surface area (Å²) in [6.45, 7) is 5.06. The second-order valence-electron chi connectivity index (χ2n) is 4.64. The SMILES string of the molecule is C[NH+]1CCCN(Cc2ccc(C(=O)[O-])o2)CC1. The molecule has 0 aliphatic carbocycles. The van der Waals surface area contributed by atoms with Gasteiger partial charge in [0.2, 0.25) is 0 Å². The Morgan fingerprint density at radius 1 is 1.47 bits per heavy atom. The quantitative estimate of drug-likeness (QED) is 0.686. The van der Waals surface area contributed by atoms with E-state index in [1.807, 2.05) is 0 Å². The maximum atomic E-state index is 10.6. The number of carbonyl (C=O) groups excluding carboxylic acids is 1. The Bertz CT molecular complexity index is 389. The average Bonchev–Trinajstić information content (AvgIpc) is 2.65. The predicted octanol–water partition coefficient (Wildman–Crippen LogP) is -1.64. The van der Waals surface area contributed by atoms with Gasteiger partial charge in [-0.05, 0) is 12.1 Å². The van der Waals surface area contributed by atoms with Gasteiger partial charge in [0.15, 0.2) is 0 Å². The van der Waals surface area contributed by atoms with Crippen LogP contribution < -0.4 is 10.0 Å². The van der Waals surface area contributed by atoms with Crippen molar-refractivity contribution in [1.29, 1.82) is 0 Å². The fourth-order valence-electron chi connectivity index (χ4n) is 2.14. The molecular formula is C12H18N2O3. The minimum Gasteiger partial charge on any atom is -0.542 e. The molecule has 1 saturated heterocycles. The first kappa shape index (κ1) is 12.1. The highest BCUT2D eigenvalue weighted by Gasteiger charge is 2.15. The zero-order chi connectivity index (χ0) is 12.3. The molecule has 1 atom stereocenters. The van der Waals surface area contributed by atoms with Crippen molar-refractivity contribution in [3.05, 3.63) is 23.7 Å². The van der Waals surface area contributed by atoms with E-state index in [1.54, 1.807) is 11.0 Å². The second-order valence-corrected chi connectivity index (χ2v) is 4.64. The number of hydrogen-bond acceptors (Lipinski definition) is 4. The molecule has 1 aromatic rings. The molecule has 1 aromatic heterocycles. The molecule has 1 fully saturated rings. The molecule has 94 valence electrons. The van der Waals surface area contributed by atoms with Crippen molar-refractivity contribution < 1.29 is 19.2 Å². The highest BCUT2D eigenvalue weighted by atomic mass is 16.4. The lowest BCUT2D eigenvalue weighted by atomic mass is 10.3. The topological polar surface area (TPSA) is 61.0 Å². The van der Waals surface area contributed by atoms with Crippen LogP contribution in [-0.2, 0) is 6.54 Å². The summed E-state index contributed by atoms with van der Waals surface area (Å²) in [4.78, 5) is 14.4. The molecule has 1 unspecified atom stereocenters. The first-order valence-electron chi connectivity index (χ1n) is 5.99. The number of nitrogens with zero attached hydrogens (tertiary/aromatic N) is 1. The number of rotatable bonds is 3. The summed E-state index contributed by atoms with van der Waals surface area (Å²) in [5, 5.41) is 10.6. The van der Waals surface area contributed by atoms with Gasteiger partial charge in [-0.2, -0.15) is 0 Å². The Balaban J connectivity index is 1.93. The van der Waals surface area contributed by atoms with Gasteiger partial charge in [0.25, 0.3) is 0 Å². The normalized spacial score (nSPS) is 22.3. The Kier molecular flexibility index (Phi) is 3.81. The third-order valence-electron chi connectivity index (χ3n) is 3.17. The summed E-state index contributed by atoms with van der Waals surface area (Å²) in [6, 6.07) is 3.17. The van der Waals surface area contributed by atoms with Crippen molar-refractivity contribution >= 4 is 5.97 Å². The highest BCUT2D eigenvalue weighted by Crippen LogP contribution is 2.10. The van der Waals surface area contributed by atoms with Crippen molar-refractivity contribution in [2.75, 3.05) is 33.2 Å². The van der Waals surface area contributed by atoms with Gasteiger partial charge in [-0.3, -0.25) is 4.90 Å². The van der Waals surface area contributed by atoms with E-state index >= 15 is 0 Å². The summed E-state index contributed by atoms with van der Waals surface area (Å²) in [5.41, 5.74) is 0. The second kappa shape index (κ2) is 5.33. The van der Waals surface area contributed by atoms with Crippen LogP contribution in [-0.4, -0.2) is 44.1 Å². The zero-order valence-corrected chi connectivity index (χ0v) is 10.1. The fourth-order valence-corrected chi connectivity index (χ4v) is 2.14. The largest absolute Gasteiger partial charge is 0.542 e. The lowest BCUT2D eigenvalue weighted by Crippen LogP contribution is -3.09. The molecule has 2 rings (SSSR count). The molecule has 17 heavy (non-hydrogen) atoms. The summed E-state index contributed by atoms with van der Waals surface area (Å²) >= 11 is 0. The molecule has 0 aromatic carbocycles. The average molecular weight is 238 g/mol. The van der Waals surface area contributed by atoms with E-state index in [2.05, 4.69) is 11.9 Å². The van der Waals surface area contributed by atoms with E-state index < -0.39 is 5.97 Å². The minimum atomic E-state index is -1.25. The van der Waals surface area contributed by atoms with Crippen LogP contribution in [0.4, 0.5) is 0 Å². The van der Waals surface area contributed by atoms with E-state index in [9.17, 15) is 9.90 Å². The van der Waals surface area contributed by atoms with Gasteiger partial charge >= 0.3 is 0 Å². The zero-order valence-electron chi connectivity index (χ0n) is 10.1. The van der Waals surface area contributed by atoms with E-state index in [1.165, 1.54) is 19.0 Å². The number of carbonyl (C=O) groups is 1. The van der Waals surface area contributed by atoms with Gasteiger partial charge in [0.05, 0.1) is 26.7 Å². The number of nitrogens with one attached hydrogen (secondary N) is 1. The minimum absolute atomic E-state index is 0.0856. The highest BCUT2D eigenvalue weighted by molar-refractivity contribution is 5.82. The molecule has 1 aliphatic heterocycles. The molecule has 0 radical (unpaired) electrons. The lowest BCUT2D eigenvalue weighted by molar-refractivity contribution is -0.877. The van der Waals surface area contributed by atoms with Crippen molar-refractivity contribution in [1.82, 2.24) is 4.90 Å². The molecule has 1 aliphatic rings. The van der Waals surface area contributed by atoms with E-state index in [0.717, 1.165) is 19.6 Å². The van der Waals surface area contributed by atoms with Crippen LogP contribution in [0.3, 0.4) is 0 Å². The maximum absolute atomic E-state index is 10.6. The first-order valence-corrected chi connectivity index (χ1v) is 5.99. The standard InChI is InChI=1S/C12H18N2O3/c1-13-5-2-6-14(8-7-13)9-10-3-4-11(17-10)12(15)16/h3-4H,2,5-9H2,1H3,(H,15,16). The molecule has 5 heteroatoms. The molecule has 2 heterocycles. The predicted molar refractivity (Wildman–Crippen MR) is 59.6 cm³/mol. The van der Waals surface area contributed by atoms with Crippen molar-refractivity contribution in [2.24, 2.45) is 0 Å². The lowest BCUT2D eigenvalue weighted by Gasteiger charge is -2.17. The molecular weight excluding hydrogens is 220 g/mol. The van der Waals surface area contributed by atoms with Crippen LogP contribution in [0.1, 0.15) is 22.7 Å². The molecule has 0 amide bonds. The van der Waals surface area contributed by atoms with E-state index in [-0.39, 0.29) is 5.76 Å². The summed E-state index contributed by atoms with van der Waals surface area (Å²) < 4.78 is 5.20. The Labute approximate surface area is 101 Å². The third kappa shape index (κ3) is 3.31. The van der Waals surface area contributed by atoms with Crippen LogP contribution in [0.15, 0.2) is 16.5 Å². The smallest absolute Gasteiger partial charge is 0.149 e.